The SMILES string of the molecule is COc1cc(N2CC[C@@]3(CCN(C(=O)c4nc5c(C)cc(N6CC[C@](C)(c7ccccc7)C6)cn5n4)C3)C2)cc(C(=O)O)n1. The smallest absolute Gasteiger partial charge is 0.354 e. The average Bonchev–Trinajstić information content (AvgIpc) is 3.84. The molecule has 3 aliphatic rings. The maximum absolute atomic E-state index is 13.7. The highest BCUT2D eigenvalue weighted by Gasteiger charge is 2.45. The molecule has 0 bridgehead atoms. The van der Waals surface area contributed by atoms with Gasteiger partial charge in [0.25, 0.3) is 5.91 Å². The maximum atomic E-state index is 13.7. The molecule has 1 spiro atoms. The molecule has 7 rings (SSSR count). The molecule has 2 atom stereocenters. The van der Waals surface area contributed by atoms with Crippen molar-refractivity contribution in [3.8, 4) is 5.88 Å². The van der Waals surface area contributed by atoms with Gasteiger partial charge >= 0.3 is 5.97 Å². The predicted octanol–water partition coefficient (Wildman–Crippen LogP) is 4.05. The first-order chi connectivity index (χ1) is 21.1. The van der Waals surface area contributed by atoms with Crippen LogP contribution in [0.25, 0.3) is 5.65 Å². The molecule has 6 heterocycles. The quantitative estimate of drug-likeness (QED) is 0.352. The summed E-state index contributed by atoms with van der Waals surface area (Å²) in [7, 11) is 1.48. The largest absolute Gasteiger partial charge is 0.481 e. The Hall–Kier alpha value is -4.67. The first-order valence-electron chi connectivity index (χ1n) is 15.2. The number of hydrogen-bond donors (Lipinski definition) is 1. The van der Waals surface area contributed by atoms with E-state index in [2.05, 4.69) is 68.2 Å². The second-order valence-corrected chi connectivity index (χ2v) is 12.9. The van der Waals surface area contributed by atoms with E-state index in [1.807, 2.05) is 18.0 Å². The van der Waals surface area contributed by atoms with Crippen LogP contribution in [0.1, 0.15) is 58.4 Å². The topological polar surface area (TPSA) is 116 Å². The normalized spacial score (nSPS) is 23.3. The minimum absolute atomic E-state index is 0.0464. The third kappa shape index (κ3) is 4.89. The van der Waals surface area contributed by atoms with Crippen molar-refractivity contribution in [3.05, 3.63) is 77.4 Å². The minimum Gasteiger partial charge on any atom is -0.481 e. The molecule has 3 saturated heterocycles. The Balaban J connectivity index is 1.06. The van der Waals surface area contributed by atoms with Crippen molar-refractivity contribution in [3.63, 3.8) is 0 Å². The van der Waals surface area contributed by atoms with Crippen LogP contribution >= 0.6 is 0 Å². The van der Waals surface area contributed by atoms with Crippen molar-refractivity contribution in [2.75, 3.05) is 56.2 Å². The fraction of sp³-hybridized carbons (Fsp3) is 0.424. The van der Waals surface area contributed by atoms with Gasteiger partial charge in [0, 0.05) is 61.9 Å². The molecule has 3 aliphatic heterocycles. The number of aromatic nitrogens is 4. The zero-order chi connectivity index (χ0) is 30.6. The molecule has 228 valence electrons. The molecule has 0 unspecified atom stereocenters. The van der Waals surface area contributed by atoms with Crippen molar-refractivity contribution in [2.24, 2.45) is 5.41 Å². The van der Waals surface area contributed by atoms with Gasteiger partial charge < -0.3 is 24.5 Å². The Morgan fingerprint density at radius 3 is 2.43 bits per heavy atom. The number of benzene rings is 1. The van der Waals surface area contributed by atoms with Crippen LogP contribution < -0.4 is 14.5 Å². The van der Waals surface area contributed by atoms with E-state index >= 15 is 0 Å². The van der Waals surface area contributed by atoms with Crippen LogP contribution in [-0.2, 0) is 5.41 Å². The monoisotopic (exact) mass is 595 g/mol. The number of aromatic carboxylic acids is 1. The van der Waals surface area contributed by atoms with Gasteiger partial charge in [-0.05, 0) is 49.4 Å². The van der Waals surface area contributed by atoms with E-state index in [4.69, 9.17) is 4.74 Å². The summed E-state index contributed by atoms with van der Waals surface area (Å²) in [5.74, 6) is -0.750. The van der Waals surface area contributed by atoms with Gasteiger partial charge in [-0.25, -0.2) is 19.3 Å². The summed E-state index contributed by atoms with van der Waals surface area (Å²) in [5.41, 5.74) is 4.86. The molecule has 0 aliphatic carbocycles. The highest BCUT2D eigenvalue weighted by Crippen LogP contribution is 2.42. The maximum Gasteiger partial charge on any atom is 0.354 e. The minimum atomic E-state index is -1.09. The summed E-state index contributed by atoms with van der Waals surface area (Å²) < 4.78 is 7.00. The molecule has 44 heavy (non-hydrogen) atoms. The molecule has 0 radical (unpaired) electrons. The number of carboxylic acid groups (broad SMARTS) is 1. The summed E-state index contributed by atoms with van der Waals surface area (Å²) in [4.78, 5) is 40.4. The van der Waals surface area contributed by atoms with Crippen molar-refractivity contribution >= 4 is 28.9 Å². The number of amides is 1. The lowest BCUT2D eigenvalue weighted by Crippen LogP contribution is -2.34. The van der Waals surface area contributed by atoms with Gasteiger partial charge in [0.2, 0.25) is 11.7 Å². The lowest BCUT2D eigenvalue weighted by molar-refractivity contribution is 0.0688. The molecule has 11 nitrogen and oxygen atoms in total. The molecule has 11 heteroatoms. The first-order valence-corrected chi connectivity index (χ1v) is 15.2. The highest BCUT2D eigenvalue weighted by atomic mass is 16.5. The summed E-state index contributed by atoms with van der Waals surface area (Å²) in [6.45, 7) is 8.96. The van der Waals surface area contributed by atoms with Gasteiger partial charge in [-0.3, -0.25) is 4.79 Å². The summed E-state index contributed by atoms with van der Waals surface area (Å²) in [6, 6.07) is 16.2. The van der Waals surface area contributed by atoms with E-state index < -0.39 is 5.97 Å². The van der Waals surface area contributed by atoms with Crippen LogP contribution in [-0.4, -0.2) is 87.8 Å². The molecular weight excluding hydrogens is 558 g/mol. The van der Waals surface area contributed by atoms with Crippen LogP contribution in [0.5, 0.6) is 5.88 Å². The number of nitrogens with zero attached hydrogens (tertiary/aromatic N) is 7. The molecule has 1 N–H and O–H groups in total. The van der Waals surface area contributed by atoms with E-state index in [0.29, 0.717) is 18.7 Å². The second kappa shape index (κ2) is 10.5. The van der Waals surface area contributed by atoms with Gasteiger partial charge in [0.1, 0.15) is 0 Å². The van der Waals surface area contributed by atoms with Crippen LogP contribution in [0.2, 0.25) is 0 Å². The number of hydrogen-bond acceptors (Lipinski definition) is 8. The van der Waals surface area contributed by atoms with Crippen molar-refractivity contribution in [1.82, 2.24) is 24.5 Å². The molecular formula is C33H37N7O4. The Labute approximate surface area is 256 Å². The number of aryl methyl sites for hydroxylation is 1. The van der Waals surface area contributed by atoms with Gasteiger partial charge in [-0.1, -0.05) is 37.3 Å². The number of fused-ring (bicyclic) bond motifs is 1. The van der Waals surface area contributed by atoms with Crippen molar-refractivity contribution in [1.29, 1.82) is 0 Å². The predicted molar refractivity (Wildman–Crippen MR) is 166 cm³/mol. The van der Waals surface area contributed by atoms with E-state index in [1.54, 1.807) is 16.6 Å². The van der Waals surface area contributed by atoms with Crippen LogP contribution in [0.3, 0.4) is 0 Å². The Morgan fingerprint density at radius 1 is 0.909 bits per heavy atom. The van der Waals surface area contributed by atoms with Crippen LogP contribution in [0, 0.1) is 12.3 Å². The molecule has 1 aromatic carbocycles. The van der Waals surface area contributed by atoms with Gasteiger partial charge in [0.05, 0.1) is 19.0 Å². The summed E-state index contributed by atoms with van der Waals surface area (Å²) in [5, 5.41) is 14.2. The fourth-order valence-electron chi connectivity index (χ4n) is 7.28. The number of methoxy groups -OCH3 is 1. The van der Waals surface area contributed by atoms with E-state index in [-0.39, 0.29) is 34.1 Å². The number of anilines is 2. The molecule has 1 amide bonds. The van der Waals surface area contributed by atoms with E-state index in [9.17, 15) is 14.7 Å². The Bertz CT molecular complexity index is 1760. The van der Waals surface area contributed by atoms with Crippen molar-refractivity contribution < 1.29 is 19.4 Å². The number of carbonyl (C=O) groups excluding carboxylic acids is 1. The highest BCUT2D eigenvalue weighted by molar-refractivity contribution is 5.91. The van der Waals surface area contributed by atoms with Gasteiger partial charge in [0.15, 0.2) is 11.3 Å². The molecule has 3 fully saturated rings. The standard InChI is InChI=1S/C33H37N7O4/c1-22-15-25(37-12-9-32(2,19-37)23-7-5-4-6-8-23)18-40-29(22)35-28(36-40)30(41)39-14-11-33(21-39)10-13-38(20-33)24-16-26(31(42)43)34-27(17-24)44-3/h4-8,15-18H,9-14,19-21H2,1-3H3,(H,42,43)/t32-,33+/m0/s1. The summed E-state index contributed by atoms with van der Waals surface area (Å²) in [6.07, 6.45) is 4.84. The average molecular weight is 596 g/mol. The first kappa shape index (κ1) is 28.1. The van der Waals surface area contributed by atoms with Gasteiger partial charge in [-0.15, -0.1) is 5.10 Å². The Kier molecular flexibility index (Phi) is 6.71. The third-order valence-electron chi connectivity index (χ3n) is 9.85. The number of carboxylic acids is 1. The number of ether oxygens (including phenoxy) is 1. The molecule has 3 aromatic heterocycles. The number of likely N-dealkylation sites (tertiary alicyclic amines) is 1. The van der Waals surface area contributed by atoms with Crippen LogP contribution in [0.4, 0.5) is 11.4 Å². The zero-order valence-electron chi connectivity index (χ0n) is 25.4. The molecule has 0 saturated carbocycles. The number of carbonyl (C=O) groups is 2. The summed E-state index contributed by atoms with van der Waals surface area (Å²) >= 11 is 0. The number of rotatable bonds is 6. The second-order valence-electron chi connectivity index (χ2n) is 12.9. The van der Waals surface area contributed by atoms with Gasteiger partial charge in [-0.2, -0.15) is 0 Å². The number of pyridine rings is 2. The lowest BCUT2D eigenvalue weighted by atomic mass is 9.82. The fourth-order valence-corrected chi connectivity index (χ4v) is 7.28. The lowest BCUT2D eigenvalue weighted by Gasteiger charge is -2.26. The molecule has 4 aromatic rings. The van der Waals surface area contributed by atoms with E-state index in [1.165, 1.54) is 12.7 Å². The van der Waals surface area contributed by atoms with Crippen molar-refractivity contribution in [2.45, 2.75) is 38.5 Å². The van der Waals surface area contributed by atoms with E-state index in [0.717, 1.165) is 62.4 Å². The zero-order valence-corrected chi connectivity index (χ0v) is 25.4. The third-order valence-corrected chi connectivity index (χ3v) is 9.85. The van der Waals surface area contributed by atoms with Crippen LogP contribution in [0.15, 0.2) is 54.7 Å². The Morgan fingerprint density at radius 2 is 1.66 bits per heavy atom.